The van der Waals surface area contributed by atoms with E-state index in [0.717, 1.165) is 0 Å². The third-order valence-electron chi connectivity index (χ3n) is 2.17. The standard InChI is InChI=1S/C8H11NO2/c9-5-8(11)6-1-3-7(10)4-2-6/h6,8,11H,1-4H2. The molecule has 3 heteroatoms. The highest BCUT2D eigenvalue weighted by Crippen LogP contribution is 2.23. The van der Waals surface area contributed by atoms with Crippen molar-refractivity contribution in [1.82, 2.24) is 0 Å². The summed E-state index contributed by atoms with van der Waals surface area (Å²) in [6.45, 7) is 0. The number of carbonyl (C=O) groups excluding carboxylic acids is 1. The molecule has 11 heavy (non-hydrogen) atoms. The second kappa shape index (κ2) is 3.49. The molecule has 0 bridgehead atoms. The number of aliphatic hydroxyl groups excluding tert-OH is 1. The van der Waals surface area contributed by atoms with Crippen molar-refractivity contribution in [1.29, 1.82) is 5.26 Å². The van der Waals surface area contributed by atoms with E-state index in [1.54, 1.807) is 6.07 Å². The van der Waals surface area contributed by atoms with E-state index in [-0.39, 0.29) is 11.7 Å². The summed E-state index contributed by atoms with van der Waals surface area (Å²) in [4.78, 5) is 10.8. The molecule has 60 valence electrons. The molecule has 1 rings (SSSR count). The molecule has 0 spiro atoms. The number of hydrogen-bond donors (Lipinski definition) is 1. The Labute approximate surface area is 65.6 Å². The fraction of sp³-hybridized carbons (Fsp3) is 0.750. The highest BCUT2D eigenvalue weighted by Gasteiger charge is 2.24. The van der Waals surface area contributed by atoms with Crippen molar-refractivity contribution >= 4 is 5.78 Å². The van der Waals surface area contributed by atoms with Gasteiger partial charge >= 0.3 is 0 Å². The van der Waals surface area contributed by atoms with Crippen LogP contribution in [0.15, 0.2) is 0 Å². The van der Waals surface area contributed by atoms with Crippen LogP contribution in [0.4, 0.5) is 0 Å². The van der Waals surface area contributed by atoms with E-state index < -0.39 is 6.10 Å². The monoisotopic (exact) mass is 153 g/mol. The van der Waals surface area contributed by atoms with Gasteiger partial charge in [-0.3, -0.25) is 4.79 Å². The fourth-order valence-corrected chi connectivity index (χ4v) is 1.38. The van der Waals surface area contributed by atoms with Crippen LogP contribution in [0.5, 0.6) is 0 Å². The first-order valence-electron chi connectivity index (χ1n) is 3.83. The van der Waals surface area contributed by atoms with Gasteiger partial charge < -0.3 is 5.11 Å². The molecule has 0 aromatic heterocycles. The van der Waals surface area contributed by atoms with E-state index in [1.807, 2.05) is 0 Å². The quantitative estimate of drug-likeness (QED) is 0.562. The Morgan fingerprint density at radius 3 is 2.55 bits per heavy atom. The molecule has 1 atom stereocenters. The van der Waals surface area contributed by atoms with Gasteiger partial charge in [0.2, 0.25) is 0 Å². The third-order valence-corrected chi connectivity index (χ3v) is 2.17. The summed E-state index contributed by atoms with van der Waals surface area (Å²) < 4.78 is 0. The minimum absolute atomic E-state index is 0.0256. The lowest BCUT2D eigenvalue weighted by atomic mass is 9.85. The zero-order chi connectivity index (χ0) is 8.27. The van der Waals surface area contributed by atoms with Crippen molar-refractivity contribution in [3.05, 3.63) is 0 Å². The second-order valence-electron chi connectivity index (χ2n) is 2.95. The number of nitrogens with zero attached hydrogens (tertiary/aromatic N) is 1. The average molecular weight is 153 g/mol. The Kier molecular flexibility index (Phi) is 2.61. The summed E-state index contributed by atoms with van der Waals surface area (Å²) in [5.74, 6) is 0.282. The number of aliphatic hydroxyl groups is 1. The van der Waals surface area contributed by atoms with Crippen molar-refractivity contribution in [2.75, 3.05) is 0 Å². The number of Topliss-reactive ketones (excluding diaryl/α,β-unsaturated/α-hetero) is 1. The lowest BCUT2D eigenvalue weighted by molar-refractivity contribution is -0.121. The van der Waals surface area contributed by atoms with Gasteiger partial charge in [-0.15, -0.1) is 0 Å². The number of nitriles is 1. The van der Waals surface area contributed by atoms with Gasteiger partial charge in [-0.25, -0.2) is 0 Å². The van der Waals surface area contributed by atoms with Crippen molar-refractivity contribution < 1.29 is 9.90 Å². The molecule has 0 aromatic carbocycles. The lowest BCUT2D eigenvalue weighted by Crippen LogP contribution is -2.24. The molecule has 0 heterocycles. The average Bonchev–Trinajstić information content (AvgIpc) is 2.05. The smallest absolute Gasteiger partial charge is 0.143 e. The van der Waals surface area contributed by atoms with E-state index in [1.165, 1.54) is 0 Å². The van der Waals surface area contributed by atoms with E-state index in [2.05, 4.69) is 0 Å². The third kappa shape index (κ3) is 2.02. The molecule has 1 saturated carbocycles. The van der Waals surface area contributed by atoms with Crippen molar-refractivity contribution in [3.63, 3.8) is 0 Å². The molecule has 1 fully saturated rings. The Balaban J connectivity index is 2.40. The van der Waals surface area contributed by atoms with Crippen molar-refractivity contribution in [3.8, 4) is 6.07 Å². The van der Waals surface area contributed by atoms with Gasteiger partial charge in [0.15, 0.2) is 0 Å². The van der Waals surface area contributed by atoms with E-state index in [4.69, 9.17) is 10.4 Å². The van der Waals surface area contributed by atoms with Crippen LogP contribution in [0.1, 0.15) is 25.7 Å². The lowest BCUT2D eigenvalue weighted by Gasteiger charge is -2.21. The summed E-state index contributed by atoms with van der Waals surface area (Å²) in [6, 6.07) is 1.79. The molecule has 1 aliphatic carbocycles. The molecule has 0 aliphatic heterocycles. The predicted molar refractivity (Wildman–Crippen MR) is 38.6 cm³/mol. The highest BCUT2D eigenvalue weighted by molar-refractivity contribution is 5.79. The minimum Gasteiger partial charge on any atom is -0.378 e. The Morgan fingerprint density at radius 2 is 2.09 bits per heavy atom. The van der Waals surface area contributed by atoms with Gasteiger partial charge in [-0.1, -0.05) is 0 Å². The molecule has 1 aliphatic rings. The molecule has 0 aromatic rings. The van der Waals surface area contributed by atoms with Crippen LogP contribution in [0.3, 0.4) is 0 Å². The maximum absolute atomic E-state index is 10.8. The largest absolute Gasteiger partial charge is 0.378 e. The van der Waals surface area contributed by atoms with Crippen LogP contribution >= 0.6 is 0 Å². The first-order valence-corrected chi connectivity index (χ1v) is 3.83. The zero-order valence-electron chi connectivity index (χ0n) is 6.29. The predicted octanol–water partition coefficient (Wildman–Crippen LogP) is 0.630. The first kappa shape index (κ1) is 8.22. The van der Waals surface area contributed by atoms with E-state index in [9.17, 15) is 4.79 Å². The van der Waals surface area contributed by atoms with Gasteiger partial charge in [0, 0.05) is 12.8 Å². The topological polar surface area (TPSA) is 61.1 Å². The Morgan fingerprint density at radius 1 is 1.55 bits per heavy atom. The van der Waals surface area contributed by atoms with Crippen LogP contribution in [0, 0.1) is 17.2 Å². The molecule has 3 nitrogen and oxygen atoms in total. The SMILES string of the molecule is N#CC(O)C1CCC(=O)CC1. The minimum atomic E-state index is -0.872. The van der Waals surface area contributed by atoms with Crippen LogP contribution in [0.2, 0.25) is 0 Å². The molecule has 1 unspecified atom stereocenters. The molecular formula is C8H11NO2. The van der Waals surface area contributed by atoms with Crippen molar-refractivity contribution in [2.45, 2.75) is 31.8 Å². The van der Waals surface area contributed by atoms with Crippen LogP contribution in [-0.4, -0.2) is 17.0 Å². The van der Waals surface area contributed by atoms with Gasteiger partial charge in [0.1, 0.15) is 11.9 Å². The first-order chi connectivity index (χ1) is 5.24. The number of hydrogen-bond acceptors (Lipinski definition) is 3. The van der Waals surface area contributed by atoms with Crippen LogP contribution < -0.4 is 0 Å². The Hall–Kier alpha value is -0.880. The molecule has 0 amide bonds. The summed E-state index contributed by atoms with van der Waals surface area (Å²) in [6.07, 6.45) is 1.54. The maximum Gasteiger partial charge on any atom is 0.143 e. The van der Waals surface area contributed by atoms with Crippen molar-refractivity contribution in [2.24, 2.45) is 5.92 Å². The fourth-order valence-electron chi connectivity index (χ4n) is 1.38. The van der Waals surface area contributed by atoms with E-state index in [0.29, 0.717) is 25.7 Å². The van der Waals surface area contributed by atoms with Gasteiger partial charge in [0.25, 0.3) is 0 Å². The van der Waals surface area contributed by atoms with Gasteiger partial charge in [0.05, 0.1) is 6.07 Å². The second-order valence-corrected chi connectivity index (χ2v) is 2.95. The number of ketones is 1. The Bertz CT molecular complexity index is 185. The highest BCUT2D eigenvalue weighted by atomic mass is 16.3. The van der Waals surface area contributed by atoms with Crippen LogP contribution in [0.25, 0.3) is 0 Å². The maximum atomic E-state index is 10.8. The number of carbonyl (C=O) groups is 1. The molecule has 0 saturated heterocycles. The summed E-state index contributed by atoms with van der Waals surface area (Å²) in [5, 5.41) is 17.5. The van der Waals surface area contributed by atoms with E-state index >= 15 is 0 Å². The zero-order valence-corrected chi connectivity index (χ0v) is 6.29. The molecular weight excluding hydrogens is 142 g/mol. The normalized spacial score (nSPS) is 22.7. The van der Waals surface area contributed by atoms with Gasteiger partial charge in [-0.05, 0) is 18.8 Å². The summed E-state index contributed by atoms with van der Waals surface area (Å²) in [5.41, 5.74) is 0. The molecule has 1 N–H and O–H groups in total. The van der Waals surface area contributed by atoms with Gasteiger partial charge in [-0.2, -0.15) is 5.26 Å². The summed E-state index contributed by atoms with van der Waals surface area (Å²) >= 11 is 0. The summed E-state index contributed by atoms with van der Waals surface area (Å²) in [7, 11) is 0. The van der Waals surface area contributed by atoms with Crippen LogP contribution in [-0.2, 0) is 4.79 Å². The number of rotatable bonds is 1. The molecule has 0 radical (unpaired) electrons.